The third kappa shape index (κ3) is 5.67. The first-order chi connectivity index (χ1) is 7.18. The van der Waals surface area contributed by atoms with E-state index in [1.165, 1.54) is 0 Å². The smallest absolute Gasteiger partial charge is 0.255 e. The molecule has 0 aromatic carbocycles. The number of alkyl halides is 2. The maximum Gasteiger partial charge on any atom is 0.255 e. The Labute approximate surface area is 88.6 Å². The third-order valence-electron chi connectivity index (χ3n) is 2.62. The zero-order chi connectivity index (χ0) is 11.1. The molecule has 1 unspecified atom stereocenters. The van der Waals surface area contributed by atoms with Gasteiger partial charge in [-0.3, -0.25) is 4.79 Å². The molecule has 88 valence electrons. The molecule has 0 aromatic rings. The second-order valence-electron chi connectivity index (χ2n) is 3.95. The minimum absolute atomic E-state index is 0.248. The Morgan fingerprint density at radius 3 is 2.93 bits per heavy atom. The largest absolute Gasteiger partial charge is 0.350 e. The number of hydrogen-bond acceptors (Lipinski definition) is 2. The van der Waals surface area contributed by atoms with Crippen molar-refractivity contribution in [3.8, 4) is 0 Å². The first-order valence-electron chi connectivity index (χ1n) is 5.44. The summed E-state index contributed by atoms with van der Waals surface area (Å²) in [7, 11) is 0. The van der Waals surface area contributed by atoms with Crippen molar-refractivity contribution in [2.45, 2.75) is 32.1 Å². The van der Waals surface area contributed by atoms with Gasteiger partial charge < -0.3 is 10.6 Å². The van der Waals surface area contributed by atoms with Crippen LogP contribution in [-0.4, -0.2) is 32.0 Å². The Morgan fingerprint density at radius 2 is 2.20 bits per heavy atom. The molecular weight excluding hydrogens is 202 g/mol. The van der Waals surface area contributed by atoms with Gasteiger partial charge in [0.25, 0.3) is 6.43 Å². The van der Waals surface area contributed by atoms with Crippen molar-refractivity contribution in [1.82, 2.24) is 10.6 Å². The van der Waals surface area contributed by atoms with Gasteiger partial charge in [-0.2, -0.15) is 0 Å². The van der Waals surface area contributed by atoms with Crippen molar-refractivity contribution in [1.29, 1.82) is 0 Å². The fraction of sp³-hybridized carbons (Fsp3) is 0.900. The molecule has 3 nitrogen and oxygen atoms in total. The molecule has 1 rings (SSSR count). The molecule has 0 saturated carbocycles. The van der Waals surface area contributed by atoms with E-state index in [0.717, 1.165) is 32.4 Å². The Kier molecular flexibility index (Phi) is 5.53. The average molecular weight is 220 g/mol. The van der Waals surface area contributed by atoms with E-state index in [4.69, 9.17) is 0 Å². The van der Waals surface area contributed by atoms with Crippen LogP contribution in [0.3, 0.4) is 0 Å². The van der Waals surface area contributed by atoms with Gasteiger partial charge in [-0.25, -0.2) is 8.78 Å². The average Bonchev–Trinajstić information content (AvgIpc) is 2.43. The lowest BCUT2D eigenvalue weighted by Crippen LogP contribution is -2.30. The molecule has 2 N–H and O–H groups in total. The fourth-order valence-electron chi connectivity index (χ4n) is 1.82. The number of carbonyl (C=O) groups excluding carboxylic acids is 1. The van der Waals surface area contributed by atoms with Crippen LogP contribution in [0.2, 0.25) is 0 Å². The Morgan fingerprint density at radius 1 is 1.40 bits per heavy atom. The second kappa shape index (κ2) is 6.71. The number of hydrogen-bond donors (Lipinski definition) is 2. The SMILES string of the molecule is O=C(CC1CCCNCC1)NCC(F)F. The molecule has 0 aliphatic carbocycles. The number of nitrogens with one attached hydrogen (secondary N) is 2. The summed E-state index contributed by atoms with van der Waals surface area (Å²) in [5.74, 6) is 0.0971. The minimum Gasteiger partial charge on any atom is -0.350 e. The Balaban J connectivity index is 2.17. The van der Waals surface area contributed by atoms with Gasteiger partial charge >= 0.3 is 0 Å². The molecule has 0 spiro atoms. The van der Waals surface area contributed by atoms with Crippen LogP contribution in [0.4, 0.5) is 8.78 Å². The summed E-state index contributed by atoms with van der Waals surface area (Å²) in [6.07, 6.45) is 0.961. The van der Waals surface area contributed by atoms with Gasteiger partial charge in [0.2, 0.25) is 5.91 Å². The van der Waals surface area contributed by atoms with Crippen molar-refractivity contribution < 1.29 is 13.6 Å². The molecule has 1 aliphatic heterocycles. The fourth-order valence-corrected chi connectivity index (χ4v) is 1.82. The van der Waals surface area contributed by atoms with Gasteiger partial charge in [-0.05, 0) is 38.3 Å². The van der Waals surface area contributed by atoms with E-state index in [9.17, 15) is 13.6 Å². The molecule has 1 saturated heterocycles. The van der Waals surface area contributed by atoms with Gasteiger partial charge in [-0.1, -0.05) is 0 Å². The minimum atomic E-state index is -2.45. The highest BCUT2D eigenvalue weighted by atomic mass is 19.3. The number of rotatable bonds is 4. The highest BCUT2D eigenvalue weighted by Gasteiger charge is 2.16. The zero-order valence-electron chi connectivity index (χ0n) is 8.77. The van der Waals surface area contributed by atoms with Crippen LogP contribution < -0.4 is 10.6 Å². The van der Waals surface area contributed by atoms with Gasteiger partial charge in [-0.15, -0.1) is 0 Å². The van der Waals surface area contributed by atoms with E-state index in [0.29, 0.717) is 12.3 Å². The summed E-state index contributed by atoms with van der Waals surface area (Å²) in [6.45, 7) is 1.39. The molecule has 1 atom stereocenters. The molecule has 0 radical (unpaired) electrons. The van der Waals surface area contributed by atoms with Crippen LogP contribution in [0.5, 0.6) is 0 Å². The van der Waals surface area contributed by atoms with E-state index in [1.807, 2.05) is 0 Å². The molecule has 1 amide bonds. The van der Waals surface area contributed by atoms with E-state index in [-0.39, 0.29) is 5.91 Å². The molecule has 5 heteroatoms. The van der Waals surface area contributed by atoms with E-state index < -0.39 is 13.0 Å². The lowest BCUT2D eigenvalue weighted by molar-refractivity contribution is -0.122. The predicted molar refractivity (Wildman–Crippen MR) is 53.8 cm³/mol. The van der Waals surface area contributed by atoms with Crippen LogP contribution in [0.1, 0.15) is 25.7 Å². The maximum atomic E-state index is 11.8. The van der Waals surface area contributed by atoms with Crippen molar-refractivity contribution in [2.24, 2.45) is 5.92 Å². The van der Waals surface area contributed by atoms with Crippen LogP contribution in [-0.2, 0) is 4.79 Å². The number of halogens is 2. The first-order valence-corrected chi connectivity index (χ1v) is 5.44. The normalized spacial score (nSPS) is 22.5. The molecule has 1 fully saturated rings. The highest BCUT2D eigenvalue weighted by Crippen LogP contribution is 2.17. The molecule has 0 bridgehead atoms. The third-order valence-corrected chi connectivity index (χ3v) is 2.62. The summed E-state index contributed by atoms with van der Waals surface area (Å²) in [5.41, 5.74) is 0. The standard InChI is InChI=1S/C10H18F2N2O/c11-9(12)7-14-10(15)6-8-2-1-4-13-5-3-8/h8-9,13H,1-7H2,(H,14,15). The quantitative estimate of drug-likeness (QED) is 0.746. The first kappa shape index (κ1) is 12.4. The van der Waals surface area contributed by atoms with E-state index in [2.05, 4.69) is 10.6 Å². The number of carbonyl (C=O) groups is 1. The summed E-state index contributed by atoms with van der Waals surface area (Å²) in [4.78, 5) is 11.3. The van der Waals surface area contributed by atoms with Crippen LogP contribution in [0.25, 0.3) is 0 Å². The van der Waals surface area contributed by atoms with Gasteiger partial charge in [0.1, 0.15) is 0 Å². The van der Waals surface area contributed by atoms with Gasteiger partial charge in [0.15, 0.2) is 0 Å². The molecule has 1 aliphatic rings. The van der Waals surface area contributed by atoms with Gasteiger partial charge in [0, 0.05) is 6.42 Å². The molecule has 1 heterocycles. The van der Waals surface area contributed by atoms with Crippen molar-refractivity contribution >= 4 is 5.91 Å². The number of amides is 1. The topological polar surface area (TPSA) is 41.1 Å². The lowest BCUT2D eigenvalue weighted by Gasteiger charge is -2.12. The van der Waals surface area contributed by atoms with Gasteiger partial charge in [0.05, 0.1) is 6.54 Å². The maximum absolute atomic E-state index is 11.8. The summed E-state index contributed by atoms with van der Waals surface area (Å²) in [5, 5.41) is 5.49. The summed E-state index contributed by atoms with van der Waals surface area (Å²) in [6, 6.07) is 0. The van der Waals surface area contributed by atoms with Crippen LogP contribution in [0.15, 0.2) is 0 Å². The zero-order valence-corrected chi connectivity index (χ0v) is 8.77. The molecular formula is C10H18F2N2O. The van der Waals surface area contributed by atoms with Crippen molar-refractivity contribution in [2.75, 3.05) is 19.6 Å². The van der Waals surface area contributed by atoms with E-state index in [1.54, 1.807) is 0 Å². The van der Waals surface area contributed by atoms with Crippen molar-refractivity contribution in [3.63, 3.8) is 0 Å². The Bertz CT molecular complexity index is 192. The summed E-state index contributed by atoms with van der Waals surface area (Å²) < 4.78 is 23.6. The predicted octanol–water partition coefficient (Wildman–Crippen LogP) is 1.15. The van der Waals surface area contributed by atoms with Crippen LogP contribution in [0, 0.1) is 5.92 Å². The second-order valence-corrected chi connectivity index (χ2v) is 3.95. The Hall–Kier alpha value is -0.710. The monoisotopic (exact) mass is 220 g/mol. The van der Waals surface area contributed by atoms with Crippen molar-refractivity contribution in [3.05, 3.63) is 0 Å². The van der Waals surface area contributed by atoms with Crippen LogP contribution >= 0.6 is 0 Å². The molecule has 15 heavy (non-hydrogen) atoms. The van der Waals surface area contributed by atoms with E-state index >= 15 is 0 Å². The highest BCUT2D eigenvalue weighted by molar-refractivity contribution is 5.76. The lowest BCUT2D eigenvalue weighted by atomic mass is 9.97. The summed E-state index contributed by atoms with van der Waals surface area (Å²) >= 11 is 0. The molecule has 0 aromatic heterocycles.